The van der Waals surface area contributed by atoms with Crippen molar-refractivity contribution in [2.75, 3.05) is 14.1 Å². The predicted molar refractivity (Wildman–Crippen MR) is 212 cm³/mol. The number of carbonyl (C=O) groups excluding carboxylic acids is 1. The second kappa shape index (κ2) is 16.1. The summed E-state index contributed by atoms with van der Waals surface area (Å²) in [5, 5.41) is 0. The molecule has 0 heterocycles. The van der Waals surface area contributed by atoms with E-state index >= 15 is 0 Å². The van der Waals surface area contributed by atoms with E-state index in [2.05, 4.69) is 172 Å². The van der Waals surface area contributed by atoms with Crippen molar-refractivity contribution >= 4 is 33.8 Å². The van der Waals surface area contributed by atoms with Crippen LogP contribution in [0.1, 0.15) is 27.0 Å². The molecule has 2 nitrogen and oxygen atoms in total. The predicted octanol–water partition coefficient (Wildman–Crippen LogP) is 7.76. The normalized spacial score (nSPS) is 11.2. The fraction of sp³-hybridized carbons (Fsp3) is 0.0851. The van der Waals surface area contributed by atoms with E-state index in [1.165, 1.54) is 33.0 Å². The van der Waals surface area contributed by atoms with Crippen LogP contribution >= 0.6 is 0 Å². The first kappa shape index (κ1) is 34.1. The van der Waals surface area contributed by atoms with Crippen LogP contribution in [-0.4, -0.2) is 30.5 Å². The van der Waals surface area contributed by atoms with Crippen LogP contribution in [0.3, 0.4) is 0 Å². The largest absolute Gasteiger partial charge is 0.321 e. The van der Waals surface area contributed by atoms with Gasteiger partial charge in [-0.2, -0.15) is 21.9 Å². The van der Waals surface area contributed by atoms with E-state index in [9.17, 15) is 4.79 Å². The summed E-state index contributed by atoms with van der Waals surface area (Å²) in [6.45, 7) is 1.90. The molecule has 7 aromatic carbocycles. The Bertz CT molecular complexity index is 1890. The molecule has 0 bridgehead atoms. The van der Waals surface area contributed by atoms with Crippen LogP contribution in [0.4, 0.5) is 0 Å². The van der Waals surface area contributed by atoms with Crippen molar-refractivity contribution in [3.05, 3.63) is 229 Å². The zero-order valence-corrected chi connectivity index (χ0v) is 29.0. The molecular formula is C47H44BNO. The lowest BCUT2D eigenvalue weighted by atomic mass is 9.13. The molecule has 3 heteroatoms. The van der Waals surface area contributed by atoms with E-state index in [0.717, 1.165) is 28.7 Å². The van der Waals surface area contributed by atoms with Gasteiger partial charge < -0.3 is 4.48 Å². The molecule has 0 N–H and O–H groups in total. The Morgan fingerprint density at radius 3 is 1.02 bits per heavy atom. The number of nitrogens with zero attached hydrogens (tertiary/aromatic N) is 1. The summed E-state index contributed by atoms with van der Waals surface area (Å²) in [5.41, 5.74) is 9.40. The molecule has 0 spiro atoms. The van der Waals surface area contributed by atoms with Crippen LogP contribution < -0.4 is 21.9 Å². The summed E-state index contributed by atoms with van der Waals surface area (Å²) >= 11 is 0. The molecule has 7 rings (SSSR count). The number of benzene rings is 7. The first-order valence-corrected chi connectivity index (χ1v) is 17.4. The third-order valence-corrected chi connectivity index (χ3v) is 9.51. The van der Waals surface area contributed by atoms with E-state index in [-0.39, 0.29) is 5.78 Å². The molecule has 0 radical (unpaired) electrons. The van der Waals surface area contributed by atoms with Crippen LogP contribution in [0.15, 0.2) is 206 Å². The lowest BCUT2D eigenvalue weighted by Crippen LogP contribution is -2.74. The first-order chi connectivity index (χ1) is 24.5. The topological polar surface area (TPSA) is 17.1 Å². The number of hydrogen-bond donors (Lipinski definition) is 0. The molecular weight excluding hydrogens is 605 g/mol. The molecule has 0 aromatic heterocycles. The molecule has 0 aliphatic carbocycles. The van der Waals surface area contributed by atoms with E-state index in [4.69, 9.17) is 0 Å². The van der Waals surface area contributed by atoms with E-state index < -0.39 is 6.15 Å². The van der Waals surface area contributed by atoms with Crippen LogP contribution in [0.2, 0.25) is 0 Å². The number of ketones is 1. The Hall–Kier alpha value is -5.77. The Balaban J connectivity index is 0.000000173. The van der Waals surface area contributed by atoms with Crippen molar-refractivity contribution in [1.29, 1.82) is 0 Å². The lowest BCUT2D eigenvalue weighted by Gasteiger charge is -2.44. The number of hydrogen-bond acceptors (Lipinski definition) is 1. The first-order valence-electron chi connectivity index (χ1n) is 17.4. The number of carbonyl (C=O) groups is 1. The van der Waals surface area contributed by atoms with Gasteiger partial charge in [-0.15, -0.1) is 0 Å². The highest BCUT2D eigenvalue weighted by molar-refractivity contribution is 7.19. The number of rotatable bonds is 10. The van der Waals surface area contributed by atoms with Gasteiger partial charge in [0.2, 0.25) is 0 Å². The Morgan fingerprint density at radius 1 is 0.380 bits per heavy atom. The summed E-state index contributed by atoms with van der Waals surface area (Å²) in [5.74, 6) is 0.0742. The minimum atomic E-state index is -1.22. The van der Waals surface area contributed by atoms with Gasteiger partial charge in [0.1, 0.15) is 19.2 Å². The maximum absolute atomic E-state index is 12.5. The molecule has 0 unspecified atom stereocenters. The van der Waals surface area contributed by atoms with Crippen molar-refractivity contribution in [3.8, 4) is 0 Å². The van der Waals surface area contributed by atoms with Crippen LogP contribution in [-0.2, 0) is 13.1 Å². The van der Waals surface area contributed by atoms with Crippen molar-refractivity contribution in [2.24, 2.45) is 0 Å². The minimum absolute atomic E-state index is 0.0742. The molecule has 0 fully saturated rings. The molecule has 0 saturated heterocycles. The fourth-order valence-electron chi connectivity index (χ4n) is 7.27. The SMILES string of the molecule is C[N+](C)(Cc1ccccc1)Cc1ccc(C(=O)c2ccccc2)cc1.c1ccc([B-](c2ccccc2)(c2ccccc2)c2ccccc2)cc1. The highest BCUT2D eigenvalue weighted by atomic mass is 16.1. The van der Waals surface area contributed by atoms with Gasteiger partial charge in [-0.25, -0.2) is 0 Å². The van der Waals surface area contributed by atoms with Crippen LogP contribution in [0.5, 0.6) is 0 Å². The van der Waals surface area contributed by atoms with Crippen LogP contribution in [0.25, 0.3) is 0 Å². The summed E-state index contributed by atoms with van der Waals surface area (Å²) in [6, 6.07) is 71.5. The Labute approximate surface area is 297 Å². The Morgan fingerprint density at radius 2 is 0.660 bits per heavy atom. The third kappa shape index (κ3) is 8.09. The van der Waals surface area contributed by atoms with E-state index in [1.807, 2.05) is 48.5 Å². The zero-order chi connectivity index (χ0) is 34.7. The van der Waals surface area contributed by atoms with Gasteiger partial charge in [0.05, 0.1) is 14.1 Å². The molecule has 0 atom stereocenters. The second-order valence-electron chi connectivity index (χ2n) is 13.6. The molecule has 50 heavy (non-hydrogen) atoms. The van der Waals surface area contributed by atoms with Crippen LogP contribution in [0, 0.1) is 0 Å². The molecule has 0 aliphatic heterocycles. The summed E-state index contributed by atoms with van der Waals surface area (Å²) < 4.78 is 0.871. The van der Waals surface area contributed by atoms with Gasteiger partial charge >= 0.3 is 0 Å². The average Bonchev–Trinajstić information content (AvgIpc) is 3.18. The van der Waals surface area contributed by atoms with Crippen molar-refractivity contribution in [1.82, 2.24) is 0 Å². The van der Waals surface area contributed by atoms with Gasteiger partial charge in [-0.05, 0) is 0 Å². The highest BCUT2D eigenvalue weighted by Gasteiger charge is 2.31. The maximum Gasteiger partial charge on any atom is 0.193 e. The van der Waals surface area contributed by atoms with Crippen molar-refractivity contribution in [3.63, 3.8) is 0 Å². The zero-order valence-electron chi connectivity index (χ0n) is 29.0. The van der Waals surface area contributed by atoms with Crippen molar-refractivity contribution < 1.29 is 9.28 Å². The van der Waals surface area contributed by atoms with Gasteiger partial charge in [0.25, 0.3) is 0 Å². The highest BCUT2D eigenvalue weighted by Crippen LogP contribution is 2.17. The second-order valence-corrected chi connectivity index (χ2v) is 13.6. The number of quaternary nitrogens is 1. The minimum Gasteiger partial charge on any atom is -0.321 e. The molecule has 0 amide bonds. The smallest absolute Gasteiger partial charge is 0.193 e. The molecule has 7 aromatic rings. The van der Waals surface area contributed by atoms with E-state index in [1.54, 1.807) is 0 Å². The Kier molecular flexibility index (Phi) is 11.0. The standard InChI is InChI=1S/C24H20B.C23H24NO/c1-5-13-21(14-6-1)25(22-15-7-2-8-16-22,23-17-9-3-10-18-23)24-19-11-4-12-20-24;1-24(2,17-19-9-5-3-6-10-19)18-20-13-15-22(16-14-20)23(25)21-11-7-4-8-12-21/h1-20H;3-16H,17-18H2,1-2H3/q-1;+1. The molecule has 0 saturated carbocycles. The van der Waals surface area contributed by atoms with Gasteiger partial charge in [-0.3, -0.25) is 4.79 Å². The quantitative estimate of drug-likeness (QED) is 0.0842. The molecule has 246 valence electrons. The summed E-state index contributed by atoms with van der Waals surface area (Å²) in [6.07, 6.45) is -1.22. The maximum atomic E-state index is 12.5. The molecule has 0 aliphatic rings. The van der Waals surface area contributed by atoms with Gasteiger partial charge in [0, 0.05) is 22.3 Å². The third-order valence-electron chi connectivity index (χ3n) is 9.51. The average molecular weight is 650 g/mol. The summed E-state index contributed by atoms with van der Waals surface area (Å²) in [4.78, 5) is 12.5. The van der Waals surface area contributed by atoms with E-state index in [0.29, 0.717) is 0 Å². The van der Waals surface area contributed by atoms with Crippen molar-refractivity contribution in [2.45, 2.75) is 13.1 Å². The van der Waals surface area contributed by atoms with Gasteiger partial charge in [-0.1, -0.05) is 206 Å². The fourth-order valence-corrected chi connectivity index (χ4v) is 7.27. The monoisotopic (exact) mass is 649 g/mol. The lowest BCUT2D eigenvalue weighted by molar-refractivity contribution is -0.916. The van der Waals surface area contributed by atoms with Gasteiger partial charge in [0.15, 0.2) is 5.78 Å². The summed E-state index contributed by atoms with van der Waals surface area (Å²) in [7, 11) is 4.46.